The molecule has 3 aliphatic rings. The second kappa shape index (κ2) is 7.83. The van der Waals surface area contributed by atoms with Crippen LogP contribution in [-0.4, -0.2) is 40.8 Å². The standard InChI is InChI=1S/C22H26F3N5O2S/c1-13-18(26)9-27-21(28-13)12-30-19-4-2-3-16(14-5-6-14)17(19)10-29(11-20(30)15-7-8-15)33(31,32)22(23,24)25/h2-4,9,14-15,20H,5-8,10-12,26H2,1H3. The molecular formula is C22H26F3N5O2S. The average molecular weight is 482 g/mol. The fraction of sp³-hybridized carbons (Fsp3) is 0.545. The molecule has 7 nitrogen and oxygen atoms in total. The van der Waals surface area contributed by atoms with Crippen LogP contribution in [0.15, 0.2) is 24.4 Å². The minimum Gasteiger partial charge on any atom is -0.396 e. The SMILES string of the molecule is Cc1nc(CN2c3cccc(C4CC4)c3CN(S(=O)(=O)C(F)(F)F)CC2C2CC2)ncc1N. The van der Waals surface area contributed by atoms with Crippen LogP contribution in [0, 0.1) is 12.8 Å². The quantitative estimate of drug-likeness (QED) is 0.700. The lowest BCUT2D eigenvalue weighted by Crippen LogP contribution is -2.47. The Kier molecular flexibility index (Phi) is 5.32. The largest absolute Gasteiger partial charge is 0.511 e. The number of nitrogens with two attached hydrogens (primary N) is 1. The molecule has 1 aromatic carbocycles. The lowest BCUT2D eigenvalue weighted by molar-refractivity contribution is -0.0492. The number of rotatable bonds is 5. The van der Waals surface area contributed by atoms with E-state index in [-0.39, 0.29) is 31.5 Å². The number of anilines is 2. The summed E-state index contributed by atoms with van der Waals surface area (Å²) in [6.45, 7) is 1.53. The highest BCUT2D eigenvalue weighted by atomic mass is 32.2. The van der Waals surface area contributed by atoms with E-state index in [1.165, 1.54) is 6.20 Å². The molecule has 0 saturated heterocycles. The van der Waals surface area contributed by atoms with Gasteiger partial charge in [-0.15, -0.1) is 0 Å². The van der Waals surface area contributed by atoms with Crippen molar-refractivity contribution in [2.24, 2.45) is 5.92 Å². The molecule has 11 heteroatoms. The first-order valence-corrected chi connectivity index (χ1v) is 12.5. The van der Waals surface area contributed by atoms with Crippen LogP contribution >= 0.6 is 0 Å². The van der Waals surface area contributed by atoms with Gasteiger partial charge in [-0.1, -0.05) is 12.1 Å². The Morgan fingerprint density at radius 3 is 2.52 bits per heavy atom. The second-order valence-electron chi connectivity index (χ2n) is 9.22. The summed E-state index contributed by atoms with van der Waals surface area (Å²) in [4.78, 5) is 10.8. The van der Waals surface area contributed by atoms with Crippen LogP contribution in [0.3, 0.4) is 0 Å². The fourth-order valence-corrected chi connectivity index (χ4v) is 5.65. The zero-order chi connectivity index (χ0) is 23.5. The van der Waals surface area contributed by atoms with Gasteiger partial charge < -0.3 is 10.6 Å². The smallest absolute Gasteiger partial charge is 0.396 e. The summed E-state index contributed by atoms with van der Waals surface area (Å²) < 4.78 is 66.5. The molecular weight excluding hydrogens is 455 g/mol. The summed E-state index contributed by atoms with van der Waals surface area (Å²) in [5, 5.41) is 0. The summed E-state index contributed by atoms with van der Waals surface area (Å²) in [7, 11) is -5.48. The second-order valence-corrected chi connectivity index (χ2v) is 11.2. The van der Waals surface area contributed by atoms with E-state index in [1.54, 1.807) is 6.92 Å². The Morgan fingerprint density at radius 1 is 1.18 bits per heavy atom. The highest BCUT2D eigenvalue weighted by molar-refractivity contribution is 7.89. The van der Waals surface area contributed by atoms with Gasteiger partial charge in [0.25, 0.3) is 0 Å². The number of alkyl halides is 3. The Morgan fingerprint density at radius 2 is 1.91 bits per heavy atom. The Hall–Kier alpha value is -2.40. The molecule has 178 valence electrons. The maximum absolute atomic E-state index is 13.6. The van der Waals surface area contributed by atoms with Gasteiger partial charge in [0.1, 0.15) is 5.82 Å². The molecule has 2 N–H and O–H groups in total. The van der Waals surface area contributed by atoms with E-state index in [1.807, 2.05) is 23.1 Å². The first-order valence-electron chi connectivity index (χ1n) is 11.1. The minimum absolute atomic E-state index is 0.112. The fourth-order valence-electron chi connectivity index (χ4n) is 4.71. The summed E-state index contributed by atoms with van der Waals surface area (Å²) in [5.74, 6) is 0.869. The monoisotopic (exact) mass is 481 g/mol. The van der Waals surface area contributed by atoms with Crippen LogP contribution in [0.25, 0.3) is 0 Å². The van der Waals surface area contributed by atoms with E-state index < -0.39 is 21.6 Å². The number of hydrogen-bond acceptors (Lipinski definition) is 6. The van der Waals surface area contributed by atoms with Gasteiger partial charge in [0.05, 0.1) is 24.1 Å². The third kappa shape index (κ3) is 4.16. The van der Waals surface area contributed by atoms with E-state index in [9.17, 15) is 21.6 Å². The molecule has 2 saturated carbocycles. The van der Waals surface area contributed by atoms with E-state index in [4.69, 9.17) is 5.73 Å². The van der Waals surface area contributed by atoms with Crippen molar-refractivity contribution in [3.8, 4) is 0 Å². The van der Waals surface area contributed by atoms with Gasteiger partial charge in [-0.3, -0.25) is 0 Å². The van der Waals surface area contributed by atoms with E-state index in [0.29, 0.717) is 27.1 Å². The maximum atomic E-state index is 13.6. The lowest BCUT2D eigenvalue weighted by atomic mass is 10.00. The lowest BCUT2D eigenvalue weighted by Gasteiger charge is -2.34. The average Bonchev–Trinajstić information content (AvgIpc) is 3.62. The number of halogens is 3. The Bertz CT molecular complexity index is 1180. The molecule has 5 rings (SSSR count). The first kappa shape index (κ1) is 22.4. The number of aryl methyl sites for hydroxylation is 1. The number of sulfonamides is 1. The topological polar surface area (TPSA) is 92.4 Å². The zero-order valence-electron chi connectivity index (χ0n) is 18.2. The molecule has 0 spiro atoms. The van der Waals surface area contributed by atoms with Crippen molar-refractivity contribution < 1.29 is 21.6 Å². The summed E-state index contributed by atoms with van der Waals surface area (Å²) in [6, 6.07) is 5.30. The summed E-state index contributed by atoms with van der Waals surface area (Å²) >= 11 is 0. The normalized spacial score (nSPS) is 22.2. The van der Waals surface area contributed by atoms with Crippen molar-refractivity contribution in [1.29, 1.82) is 0 Å². The molecule has 1 aromatic heterocycles. The number of hydrogen-bond donors (Lipinski definition) is 1. The Labute approximate surface area is 190 Å². The number of aromatic nitrogens is 2. The molecule has 1 atom stereocenters. The third-order valence-electron chi connectivity index (χ3n) is 6.82. The van der Waals surface area contributed by atoms with Crippen LogP contribution in [0.5, 0.6) is 0 Å². The van der Waals surface area contributed by atoms with Gasteiger partial charge in [0, 0.05) is 24.8 Å². The number of nitrogen functional groups attached to an aromatic ring is 1. The van der Waals surface area contributed by atoms with Crippen molar-refractivity contribution in [3.63, 3.8) is 0 Å². The Balaban J connectivity index is 1.63. The number of fused-ring (bicyclic) bond motifs is 1. The minimum atomic E-state index is -5.48. The van der Waals surface area contributed by atoms with Gasteiger partial charge in [-0.25, -0.2) is 18.4 Å². The summed E-state index contributed by atoms with van der Waals surface area (Å²) in [5.41, 5.74) is 3.97. The van der Waals surface area contributed by atoms with Crippen molar-refractivity contribution >= 4 is 21.4 Å². The van der Waals surface area contributed by atoms with Gasteiger partial charge in [-0.2, -0.15) is 17.5 Å². The molecule has 0 amide bonds. The van der Waals surface area contributed by atoms with Gasteiger partial charge in [0.15, 0.2) is 0 Å². The highest BCUT2D eigenvalue weighted by Gasteiger charge is 2.53. The number of benzene rings is 1. The van der Waals surface area contributed by atoms with Crippen LogP contribution in [0.1, 0.15) is 54.2 Å². The third-order valence-corrected chi connectivity index (χ3v) is 8.36. The van der Waals surface area contributed by atoms with Gasteiger partial charge in [0.2, 0.25) is 0 Å². The molecule has 2 fully saturated rings. The molecule has 33 heavy (non-hydrogen) atoms. The molecule has 2 heterocycles. The van der Waals surface area contributed by atoms with Crippen molar-refractivity contribution in [1.82, 2.24) is 14.3 Å². The van der Waals surface area contributed by atoms with Crippen molar-refractivity contribution in [2.45, 2.75) is 63.2 Å². The predicted molar refractivity (Wildman–Crippen MR) is 118 cm³/mol. The number of nitrogens with zero attached hydrogens (tertiary/aromatic N) is 4. The van der Waals surface area contributed by atoms with E-state index >= 15 is 0 Å². The maximum Gasteiger partial charge on any atom is 0.511 e. The van der Waals surface area contributed by atoms with Gasteiger partial charge >= 0.3 is 15.5 Å². The van der Waals surface area contributed by atoms with E-state index in [2.05, 4.69) is 9.97 Å². The van der Waals surface area contributed by atoms with E-state index in [0.717, 1.165) is 36.9 Å². The van der Waals surface area contributed by atoms with Gasteiger partial charge in [-0.05, 0) is 61.6 Å². The highest BCUT2D eigenvalue weighted by Crippen LogP contribution is 2.48. The van der Waals surface area contributed by atoms with Crippen LogP contribution in [0.2, 0.25) is 0 Å². The van der Waals surface area contributed by atoms with Crippen LogP contribution in [0.4, 0.5) is 24.5 Å². The zero-order valence-corrected chi connectivity index (χ0v) is 19.0. The van der Waals surface area contributed by atoms with Crippen molar-refractivity contribution in [3.05, 3.63) is 47.0 Å². The molecule has 0 radical (unpaired) electrons. The predicted octanol–water partition coefficient (Wildman–Crippen LogP) is 3.70. The van der Waals surface area contributed by atoms with Crippen molar-refractivity contribution in [2.75, 3.05) is 17.2 Å². The molecule has 2 aliphatic carbocycles. The summed E-state index contributed by atoms with van der Waals surface area (Å²) in [6.07, 6.45) is 5.13. The van der Waals surface area contributed by atoms with Crippen LogP contribution < -0.4 is 10.6 Å². The molecule has 1 unspecified atom stereocenters. The first-order chi connectivity index (χ1) is 15.6. The van der Waals surface area contributed by atoms with Crippen LogP contribution in [-0.2, 0) is 23.1 Å². The molecule has 0 bridgehead atoms. The molecule has 2 aromatic rings. The molecule has 1 aliphatic heterocycles.